The summed E-state index contributed by atoms with van der Waals surface area (Å²) in [6, 6.07) is 49.8. The third kappa shape index (κ3) is 7.19. The first kappa shape index (κ1) is 35.7. The molecule has 8 aromatic rings. The van der Waals surface area contributed by atoms with Crippen molar-refractivity contribution in [3.8, 4) is 67.5 Å². The number of fused-ring (bicyclic) bond motifs is 2. The van der Waals surface area contributed by atoms with Crippen LogP contribution in [0.3, 0.4) is 0 Å². The van der Waals surface area contributed by atoms with E-state index in [9.17, 15) is 8.78 Å². The van der Waals surface area contributed by atoms with Crippen molar-refractivity contribution in [1.82, 2.24) is 0 Å². The lowest BCUT2D eigenvalue weighted by molar-refractivity contribution is 0.358. The van der Waals surface area contributed by atoms with Crippen LogP contribution in [0.5, 0.6) is 23.0 Å². The number of ether oxygens (including phenoxy) is 4. The average Bonchev–Trinajstić information content (AvgIpc) is 3.23. The molecule has 8 aromatic carbocycles. The Balaban J connectivity index is 0.000000167. The van der Waals surface area contributed by atoms with Crippen LogP contribution in [0.15, 0.2) is 158 Å². The minimum Gasteiger partial charge on any atom is -0.493 e. The predicted molar refractivity (Wildman–Crippen MR) is 216 cm³/mol. The fourth-order valence-electron chi connectivity index (χ4n) is 6.83. The van der Waals surface area contributed by atoms with Gasteiger partial charge in [-0.15, -0.1) is 0 Å². The van der Waals surface area contributed by atoms with Crippen LogP contribution in [-0.4, -0.2) is 28.4 Å². The number of halogens is 2. The van der Waals surface area contributed by atoms with Gasteiger partial charge in [0.2, 0.25) is 0 Å². The minimum atomic E-state index is -0.255. The van der Waals surface area contributed by atoms with Crippen molar-refractivity contribution >= 4 is 21.5 Å². The van der Waals surface area contributed by atoms with Crippen LogP contribution >= 0.6 is 0 Å². The van der Waals surface area contributed by atoms with Crippen LogP contribution in [0, 0.1) is 11.6 Å². The summed E-state index contributed by atoms with van der Waals surface area (Å²) < 4.78 is 49.2. The maximum Gasteiger partial charge on any atom is 0.168 e. The van der Waals surface area contributed by atoms with Gasteiger partial charge in [0.05, 0.1) is 28.4 Å². The minimum absolute atomic E-state index is 0.255. The van der Waals surface area contributed by atoms with E-state index in [0.717, 1.165) is 66.1 Å². The Hall–Kier alpha value is -6.66. The topological polar surface area (TPSA) is 36.9 Å². The van der Waals surface area contributed by atoms with Gasteiger partial charge in [0.15, 0.2) is 23.0 Å². The molecule has 0 spiro atoms. The molecule has 0 heterocycles. The van der Waals surface area contributed by atoms with Gasteiger partial charge < -0.3 is 18.9 Å². The van der Waals surface area contributed by atoms with Crippen LogP contribution in [0.25, 0.3) is 66.1 Å². The predicted octanol–water partition coefficient (Wildman–Crippen LogP) is 12.7. The molecule has 0 N–H and O–H groups in total. The summed E-state index contributed by atoms with van der Waals surface area (Å²) in [5.41, 5.74) is 8.26. The third-order valence-corrected chi connectivity index (χ3v) is 9.48. The normalized spacial score (nSPS) is 10.8. The van der Waals surface area contributed by atoms with E-state index in [0.29, 0.717) is 23.0 Å². The summed E-state index contributed by atoms with van der Waals surface area (Å²) in [5.74, 6) is 2.17. The lowest BCUT2D eigenvalue weighted by atomic mass is 9.94. The van der Waals surface area contributed by atoms with Crippen molar-refractivity contribution in [2.24, 2.45) is 0 Å². The van der Waals surface area contributed by atoms with Gasteiger partial charge in [-0.2, -0.15) is 0 Å². The van der Waals surface area contributed by atoms with Gasteiger partial charge in [-0.05, 0) is 104 Å². The second-order valence-corrected chi connectivity index (χ2v) is 12.6. The highest BCUT2D eigenvalue weighted by Crippen LogP contribution is 2.45. The zero-order valence-corrected chi connectivity index (χ0v) is 30.4. The highest BCUT2D eigenvalue weighted by molar-refractivity contribution is 6.05. The lowest BCUT2D eigenvalue weighted by Gasteiger charge is -2.16. The van der Waals surface area contributed by atoms with Gasteiger partial charge in [-0.25, -0.2) is 8.78 Å². The number of benzene rings is 8. The van der Waals surface area contributed by atoms with Gasteiger partial charge in [0, 0.05) is 10.8 Å². The maximum absolute atomic E-state index is 13.4. The van der Waals surface area contributed by atoms with Crippen molar-refractivity contribution in [1.29, 1.82) is 0 Å². The van der Waals surface area contributed by atoms with Crippen LogP contribution in [-0.2, 0) is 0 Å². The fourth-order valence-corrected chi connectivity index (χ4v) is 6.83. The fraction of sp³-hybridized carbons (Fsp3) is 0.0833. The lowest BCUT2D eigenvalue weighted by Crippen LogP contribution is -1.94. The SMILES string of the molecule is COc1cc(-c2ccc(F)cc2)c2ccc(-c3ccccc3)cc2c1OC.COc1cc(-c2ccc(F)cc2)c2ccc(-c3ccccc3)cc2c1OC. The molecule has 0 amide bonds. The third-order valence-electron chi connectivity index (χ3n) is 9.48. The molecule has 0 bridgehead atoms. The zero-order valence-electron chi connectivity index (χ0n) is 30.4. The smallest absolute Gasteiger partial charge is 0.168 e. The number of methoxy groups -OCH3 is 4. The molecule has 0 aliphatic carbocycles. The van der Waals surface area contributed by atoms with E-state index >= 15 is 0 Å². The second kappa shape index (κ2) is 15.9. The van der Waals surface area contributed by atoms with Crippen molar-refractivity contribution < 1.29 is 27.7 Å². The molecule has 8 rings (SSSR count). The summed E-state index contributed by atoms with van der Waals surface area (Å²) >= 11 is 0. The number of hydrogen-bond donors (Lipinski definition) is 0. The van der Waals surface area contributed by atoms with Gasteiger partial charge in [0.1, 0.15) is 11.6 Å². The number of hydrogen-bond acceptors (Lipinski definition) is 4. The molecule has 0 unspecified atom stereocenters. The Bertz CT molecular complexity index is 2350. The Labute approximate surface area is 313 Å². The molecule has 0 aromatic heterocycles. The van der Waals surface area contributed by atoms with E-state index in [1.807, 2.05) is 48.5 Å². The molecule has 0 atom stereocenters. The molecule has 0 aliphatic heterocycles. The van der Waals surface area contributed by atoms with E-state index in [4.69, 9.17) is 18.9 Å². The van der Waals surface area contributed by atoms with Gasteiger partial charge >= 0.3 is 0 Å². The summed E-state index contributed by atoms with van der Waals surface area (Å²) in [7, 11) is 6.53. The monoisotopic (exact) mass is 716 g/mol. The molecule has 0 aliphatic rings. The quantitative estimate of drug-likeness (QED) is 0.157. The van der Waals surface area contributed by atoms with Crippen molar-refractivity contribution in [2.75, 3.05) is 28.4 Å². The highest BCUT2D eigenvalue weighted by Gasteiger charge is 2.17. The number of rotatable bonds is 8. The first-order valence-corrected chi connectivity index (χ1v) is 17.4. The molecule has 0 saturated heterocycles. The summed E-state index contributed by atoms with van der Waals surface area (Å²) in [6.07, 6.45) is 0. The van der Waals surface area contributed by atoms with E-state index in [2.05, 4.69) is 60.7 Å². The molecule has 54 heavy (non-hydrogen) atoms. The Morgan fingerprint density at radius 3 is 1.00 bits per heavy atom. The summed E-state index contributed by atoms with van der Waals surface area (Å²) in [5, 5.41) is 3.97. The standard InChI is InChI=1S/2C24H19FO2/c2*1-26-23-15-21(17-8-11-19(25)12-9-17)20-13-10-18(14-22(20)24(23)27-2)16-6-4-3-5-7-16/h2*3-15H,1-2H3. The molecule has 0 saturated carbocycles. The van der Waals surface area contributed by atoms with Crippen LogP contribution in [0.2, 0.25) is 0 Å². The summed E-state index contributed by atoms with van der Waals surface area (Å²) in [6.45, 7) is 0. The van der Waals surface area contributed by atoms with Crippen LogP contribution in [0.1, 0.15) is 0 Å². The molecule has 6 heteroatoms. The molecular formula is C48H38F2O4. The Kier molecular flexibility index (Phi) is 10.5. The van der Waals surface area contributed by atoms with E-state index in [-0.39, 0.29) is 11.6 Å². The van der Waals surface area contributed by atoms with Gasteiger partial charge in [-0.3, -0.25) is 0 Å². The largest absolute Gasteiger partial charge is 0.493 e. The van der Waals surface area contributed by atoms with Crippen molar-refractivity contribution in [3.63, 3.8) is 0 Å². The molecule has 4 nitrogen and oxygen atoms in total. The molecule has 0 radical (unpaired) electrons. The van der Waals surface area contributed by atoms with E-state index in [1.54, 1.807) is 52.7 Å². The Morgan fingerprint density at radius 2 is 0.667 bits per heavy atom. The Morgan fingerprint density at radius 1 is 0.315 bits per heavy atom. The summed E-state index contributed by atoms with van der Waals surface area (Å²) in [4.78, 5) is 0. The molecule has 268 valence electrons. The van der Waals surface area contributed by atoms with Crippen molar-refractivity contribution in [2.45, 2.75) is 0 Å². The van der Waals surface area contributed by atoms with Crippen LogP contribution < -0.4 is 18.9 Å². The average molecular weight is 717 g/mol. The van der Waals surface area contributed by atoms with E-state index < -0.39 is 0 Å². The first-order valence-electron chi connectivity index (χ1n) is 17.4. The van der Waals surface area contributed by atoms with Gasteiger partial charge in [0.25, 0.3) is 0 Å². The van der Waals surface area contributed by atoms with Crippen LogP contribution in [0.4, 0.5) is 8.78 Å². The first-order chi connectivity index (χ1) is 26.4. The van der Waals surface area contributed by atoms with Crippen molar-refractivity contribution in [3.05, 3.63) is 169 Å². The van der Waals surface area contributed by atoms with Gasteiger partial charge in [-0.1, -0.05) is 109 Å². The molecular weight excluding hydrogens is 679 g/mol. The maximum atomic E-state index is 13.4. The second-order valence-electron chi connectivity index (χ2n) is 12.6. The highest BCUT2D eigenvalue weighted by atomic mass is 19.1. The van der Waals surface area contributed by atoms with E-state index in [1.165, 1.54) is 24.3 Å². The molecule has 0 fully saturated rings. The zero-order chi connectivity index (χ0) is 37.6.